The summed E-state index contributed by atoms with van der Waals surface area (Å²) in [6.07, 6.45) is 3.87. The first-order valence-electron chi connectivity index (χ1n) is 12.5. The quantitative estimate of drug-likeness (QED) is 0.324. The van der Waals surface area contributed by atoms with Crippen LogP contribution in [0, 0.1) is 6.92 Å². The fraction of sp³-hybridized carbons (Fsp3) is 0.464. The summed E-state index contributed by atoms with van der Waals surface area (Å²) in [5.41, 5.74) is 2.88. The van der Waals surface area contributed by atoms with Crippen molar-refractivity contribution in [3.8, 4) is 23.1 Å². The van der Waals surface area contributed by atoms with Crippen LogP contribution in [0.5, 0.6) is 17.4 Å². The molecule has 4 rings (SSSR count). The molecule has 0 radical (unpaired) electrons. The Morgan fingerprint density at radius 1 is 1.09 bits per heavy atom. The molecule has 0 saturated heterocycles. The number of aromatic nitrogens is 2. The summed E-state index contributed by atoms with van der Waals surface area (Å²) in [6.45, 7) is 6.43. The van der Waals surface area contributed by atoms with Gasteiger partial charge in [0.25, 0.3) is 0 Å². The molecule has 35 heavy (non-hydrogen) atoms. The summed E-state index contributed by atoms with van der Waals surface area (Å²) in [5, 5.41) is 15.5. The third-order valence-corrected chi connectivity index (χ3v) is 6.23. The maximum atomic E-state index is 10.6. The van der Waals surface area contributed by atoms with Gasteiger partial charge in [-0.2, -0.15) is 5.10 Å². The van der Waals surface area contributed by atoms with E-state index in [1.165, 1.54) is 0 Å². The van der Waals surface area contributed by atoms with Crippen LogP contribution in [0.3, 0.4) is 0 Å². The van der Waals surface area contributed by atoms with Gasteiger partial charge in [-0.3, -0.25) is 4.90 Å². The molecule has 0 unspecified atom stereocenters. The second kappa shape index (κ2) is 12.2. The fourth-order valence-electron chi connectivity index (χ4n) is 4.10. The monoisotopic (exact) mass is 479 g/mol. The number of aliphatic hydroxyl groups excluding tert-OH is 1. The summed E-state index contributed by atoms with van der Waals surface area (Å²) in [6, 6.07) is 18.1. The number of unbranched alkanes of at least 4 members (excludes halogenated alkanes) is 1. The summed E-state index contributed by atoms with van der Waals surface area (Å²) in [5.74, 6) is 2.19. The molecule has 7 heteroatoms. The van der Waals surface area contributed by atoms with E-state index in [1.54, 1.807) is 7.11 Å². The van der Waals surface area contributed by atoms with Gasteiger partial charge in [0.1, 0.15) is 11.5 Å². The van der Waals surface area contributed by atoms with Crippen molar-refractivity contribution in [3.05, 3.63) is 65.9 Å². The van der Waals surface area contributed by atoms with Gasteiger partial charge in [0.05, 0.1) is 36.8 Å². The van der Waals surface area contributed by atoms with E-state index in [-0.39, 0.29) is 0 Å². The highest BCUT2D eigenvalue weighted by Crippen LogP contribution is 2.35. The van der Waals surface area contributed by atoms with Gasteiger partial charge in [0.2, 0.25) is 5.88 Å². The SMILES string of the molecule is CCCCOC[C@@H](O)CN(Cc1c(C)nn(-c2ccccc2)c1Oc1ccc(OC)cc1)C1CC1. The van der Waals surface area contributed by atoms with Gasteiger partial charge in [0.15, 0.2) is 0 Å². The zero-order valence-corrected chi connectivity index (χ0v) is 21.0. The lowest BCUT2D eigenvalue weighted by atomic mass is 10.2. The van der Waals surface area contributed by atoms with Crippen LogP contribution in [0.4, 0.5) is 0 Å². The summed E-state index contributed by atoms with van der Waals surface area (Å²) >= 11 is 0. The maximum absolute atomic E-state index is 10.6. The predicted octanol–water partition coefficient (Wildman–Crippen LogP) is 5.12. The minimum Gasteiger partial charge on any atom is -0.497 e. The van der Waals surface area contributed by atoms with E-state index in [4.69, 9.17) is 19.3 Å². The molecule has 0 amide bonds. The first kappa shape index (κ1) is 25.2. The number of methoxy groups -OCH3 is 1. The van der Waals surface area contributed by atoms with Crippen LogP contribution in [0.15, 0.2) is 54.6 Å². The molecule has 0 aliphatic heterocycles. The highest BCUT2D eigenvalue weighted by molar-refractivity contribution is 5.44. The van der Waals surface area contributed by atoms with Gasteiger partial charge >= 0.3 is 0 Å². The minimum atomic E-state index is -0.525. The number of aryl methyl sites for hydroxylation is 1. The fourth-order valence-corrected chi connectivity index (χ4v) is 4.10. The molecule has 188 valence electrons. The van der Waals surface area contributed by atoms with Crippen LogP contribution in [-0.4, -0.2) is 58.8 Å². The molecule has 1 aliphatic carbocycles. The van der Waals surface area contributed by atoms with E-state index in [2.05, 4.69) is 11.8 Å². The second-order valence-corrected chi connectivity index (χ2v) is 9.14. The summed E-state index contributed by atoms with van der Waals surface area (Å²) in [7, 11) is 1.65. The predicted molar refractivity (Wildman–Crippen MR) is 137 cm³/mol. The number of para-hydroxylation sites is 1. The van der Waals surface area contributed by atoms with E-state index in [1.807, 2.05) is 66.2 Å². The highest BCUT2D eigenvalue weighted by atomic mass is 16.5. The van der Waals surface area contributed by atoms with Crippen LogP contribution in [0.25, 0.3) is 5.69 Å². The van der Waals surface area contributed by atoms with Gasteiger partial charge in [0, 0.05) is 25.7 Å². The minimum absolute atomic E-state index is 0.362. The van der Waals surface area contributed by atoms with E-state index in [0.29, 0.717) is 44.0 Å². The number of hydrogen-bond donors (Lipinski definition) is 1. The Hall–Kier alpha value is -2.87. The molecule has 1 saturated carbocycles. The molecule has 0 bridgehead atoms. The first-order chi connectivity index (χ1) is 17.1. The molecule has 2 aromatic carbocycles. The van der Waals surface area contributed by atoms with Crippen molar-refractivity contribution in [1.29, 1.82) is 0 Å². The average Bonchev–Trinajstić information content (AvgIpc) is 3.69. The summed E-state index contributed by atoms with van der Waals surface area (Å²) < 4.78 is 19.3. The Labute approximate surface area is 208 Å². The van der Waals surface area contributed by atoms with Crippen molar-refractivity contribution in [2.24, 2.45) is 0 Å². The Kier molecular flexibility index (Phi) is 8.79. The summed E-state index contributed by atoms with van der Waals surface area (Å²) in [4.78, 5) is 2.34. The van der Waals surface area contributed by atoms with E-state index in [0.717, 1.165) is 48.4 Å². The molecule has 1 fully saturated rings. The smallest absolute Gasteiger partial charge is 0.227 e. The van der Waals surface area contributed by atoms with Gasteiger partial charge in [-0.25, -0.2) is 4.68 Å². The van der Waals surface area contributed by atoms with Gasteiger partial charge in [-0.05, 0) is 62.6 Å². The highest BCUT2D eigenvalue weighted by Gasteiger charge is 2.32. The zero-order valence-electron chi connectivity index (χ0n) is 21.0. The molecular formula is C28H37N3O4. The Bertz CT molecular complexity index is 1050. The van der Waals surface area contributed by atoms with Crippen molar-refractivity contribution >= 4 is 0 Å². The molecule has 1 atom stereocenters. The van der Waals surface area contributed by atoms with Crippen molar-refractivity contribution in [2.45, 2.75) is 58.2 Å². The zero-order chi connectivity index (χ0) is 24.6. The lowest BCUT2D eigenvalue weighted by Crippen LogP contribution is -2.36. The maximum Gasteiger partial charge on any atom is 0.227 e. The van der Waals surface area contributed by atoms with Crippen molar-refractivity contribution in [3.63, 3.8) is 0 Å². The average molecular weight is 480 g/mol. The first-order valence-corrected chi connectivity index (χ1v) is 12.5. The third kappa shape index (κ3) is 6.84. The van der Waals surface area contributed by atoms with E-state index < -0.39 is 6.10 Å². The lowest BCUT2D eigenvalue weighted by molar-refractivity contribution is 0.0127. The molecule has 1 N–H and O–H groups in total. The number of ether oxygens (including phenoxy) is 3. The van der Waals surface area contributed by atoms with Crippen molar-refractivity contribution in [2.75, 3.05) is 26.9 Å². The van der Waals surface area contributed by atoms with E-state index >= 15 is 0 Å². The van der Waals surface area contributed by atoms with Gasteiger partial charge in [-0.15, -0.1) is 0 Å². The standard InChI is InChI=1S/C28H37N3O4/c1-4-5-17-34-20-24(32)18-30(22-11-12-22)19-27-21(2)29-31(23-9-7-6-8-10-23)28(27)35-26-15-13-25(33-3)14-16-26/h6-10,13-16,22,24,32H,4-5,11-12,17-20H2,1-3H3/t24-/m0/s1. The molecule has 7 nitrogen and oxygen atoms in total. The molecule has 1 aliphatic rings. The molecule has 3 aromatic rings. The second-order valence-electron chi connectivity index (χ2n) is 9.14. The molecule has 1 aromatic heterocycles. The molecule has 1 heterocycles. The Balaban J connectivity index is 1.58. The molecular weight excluding hydrogens is 442 g/mol. The number of rotatable bonds is 14. The van der Waals surface area contributed by atoms with Crippen LogP contribution in [0.2, 0.25) is 0 Å². The number of benzene rings is 2. The van der Waals surface area contributed by atoms with Crippen molar-refractivity contribution in [1.82, 2.24) is 14.7 Å². The van der Waals surface area contributed by atoms with Gasteiger partial charge in [-0.1, -0.05) is 31.5 Å². The normalized spacial score (nSPS) is 14.3. The Morgan fingerprint density at radius 3 is 2.46 bits per heavy atom. The largest absolute Gasteiger partial charge is 0.497 e. The topological polar surface area (TPSA) is 69.0 Å². The van der Waals surface area contributed by atoms with E-state index in [9.17, 15) is 5.11 Å². The van der Waals surface area contributed by atoms with Crippen LogP contribution >= 0.6 is 0 Å². The van der Waals surface area contributed by atoms with Crippen molar-refractivity contribution < 1.29 is 19.3 Å². The Morgan fingerprint density at radius 2 is 1.80 bits per heavy atom. The molecule has 0 spiro atoms. The lowest BCUT2D eigenvalue weighted by Gasteiger charge is -2.25. The van der Waals surface area contributed by atoms with Crippen LogP contribution in [-0.2, 0) is 11.3 Å². The van der Waals surface area contributed by atoms with Crippen LogP contribution < -0.4 is 9.47 Å². The number of hydrogen-bond acceptors (Lipinski definition) is 6. The number of aliphatic hydroxyl groups is 1. The van der Waals surface area contributed by atoms with Crippen LogP contribution in [0.1, 0.15) is 43.9 Å². The van der Waals surface area contributed by atoms with Gasteiger partial charge < -0.3 is 19.3 Å². The number of nitrogens with zero attached hydrogens (tertiary/aromatic N) is 3. The third-order valence-electron chi connectivity index (χ3n) is 6.23.